The molecule has 0 unspecified atom stereocenters. The fraction of sp³-hybridized carbons (Fsp3) is 0.375. The predicted octanol–water partition coefficient (Wildman–Crippen LogP) is 1.88. The molecule has 0 aliphatic rings. The number of nitrogen functional groups attached to an aromatic ring is 1. The Balaban J connectivity index is 3.01. The summed E-state index contributed by atoms with van der Waals surface area (Å²) in [6.07, 6.45) is 1.75. The zero-order chi connectivity index (χ0) is 9.14. The molecule has 0 bridgehead atoms. The van der Waals surface area contributed by atoms with Crippen LogP contribution in [0.5, 0.6) is 0 Å². The van der Waals surface area contributed by atoms with Gasteiger partial charge in [-0.2, -0.15) is 0 Å². The van der Waals surface area contributed by atoms with Crippen LogP contribution in [0.3, 0.4) is 0 Å². The second kappa shape index (κ2) is 3.76. The molecule has 0 saturated carbocycles. The number of pyridine rings is 1. The van der Waals surface area contributed by atoms with Crippen LogP contribution in [0.2, 0.25) is 0 Å². The summed E-state index contributed by atoms with van der Waals surface area (Å²) in [5, 5.41) is 0. The first-order chi connectivity index (χ1) is 5.65. The third kappa shape index (κ3) is 1.88. The van der Waals surface area contributed by atoms with Crippen LogP contribution < -0.4 is 10.6 Å². The molecule has 0 aromatic carbocycles. The van der Waals surface area contributed by atoms with Crippen LogP contribution in [0, 0.1) is 0 Å². The molecular weight excluding hydrogens is 218 g/mol. The summed E-state index contributed by atoms with van der Waals surface area (Å²) in [5.74, 6) is 0.834. The van der Waals surface area contributed by atoms with Gasteiger partial charge >= 0.3 is 0 Å². The van der Waals surface area contributed by atoms with Gasteiger partial charge in [0.05, 0.1) is 5.69 Å². The Morgan fingerprint density at radius 2 is 2.33 bits per heavy atom. The molecule has 0 aliphatic heterocycles. The summed E-state index contributed by atoms with van der Waals surface area (Å²) in [5.41, 5.74) is 6.47. The monoisotopic (exact) mass is 229 g/mol. The van der Waals surface area contributed by atoms with Gasteiger partial charge < -0.3 is 10.6 Å². The van der Waals surface area contributed by atoms with E-state index < -0.39 is 0 Å². The first kappa shape index (κ1) is 9.32. The molecule has 12 heavy (non-hydrogen) atoms. The van der Waals surface area contributed by atoms with Crippen molar-refractivity contribution in [1.82, 2.24) is 4.98 Å². The van der Waals surface area contributed by atoms with E-state index in [0.29, 0.717) is 5.69 Å². The molecule has 0 aliphatic carbocycles. The van der Waals surface area contributed by atoms with Crippen LogP contribution >= 0.6 is 15.9 Å². The Labute approximate surface area is 80.7 Å². The molecule has 0 radical (unpaired) electrons. The first-order valence-corrected chi connectivity index (χ1v) is 4.56. The maximum Gasteiger partial charge on any atom is 0.151 e. The van der Waals surface area contributed by atoms with Crippen molar-refractivity contribution in [2.45, 2.75) is 6.92 Å². The summed E-state index contributed by atoms with van der Waals surface area (Å²) in [6.45, 7) is 2.96. The van der Waals surface area contributed by atoms with Crippen molar-refractivity contribution in [3.05, 3.63) is 16.7 Å². The quantitative estimate of drug-likeness (QED) is 0.843. The number of hydrogen-bond donors (Lipinski definition) is 1. The molecule has 1 aromatic rings. The van der Waals surface area contributed by atoms with Gasteiger partial charge in [-0.15, -0.1) is 0 Å². The molecule has 0 saturated heterocycles. The number of hydrogen-bond acceptors (Lipinski definition) is 3. The lowest BCUT2D eigenvalue weighted by Gasteiger charge is -2.17. The number of aromatic nitrogens is 1. The fourth-order valence-corrected chi connectivity index (χ4v) is 1.27. The van der Waals surface area contributed by atoms with Crippen LogP contribution in [-0.2, 0) is 0 Å². The highest BCUT2D eigenvalue weighted by atomic mass is 79.9. The van der Waals surface area contributed by atoms with Crippen molar-refractivity contribution in [1.29, 1.82) is 0 Å². The third-order valence-corrected chi connectivity index (χ3v) is 2.13. The van der Waals surface area contributed by atoms with Crippen molar-refractivity contribution >= 4 is 27.4 Å². The van der Waals surface area contributed by atoms with Gasteiger partial charge in [-0.25, -0.2) is 4.98 Å². The minimum Gasteiger partial charge on any atom is -0.396 e. The molecule has 0 atom stereocenters. The average Bonchev–Trinajstić information content (AvgIpc) is 2.03. The zero-order valence-corrected chi connectivity index (χ0v) is 8.80. The van der Waals surface area contributed by atoms with Gasteiger partial charge in [0.25, 0.3) is 0 Å². The maximum atomic E-state index is 5.76. The summed E-state index contributed by atoms with van der Waals surface area (Å²) in [6, 6.07) is 1.86. The predicted molar refractivity (Wildman–Crippen MR) is 55.3 cm³/mol. The molecule has 0 amide bonds. The van der Waals surface area contributed by atoms with Gasteiger partial charge in [0.1, 0.15) is 0 Å². The minimum absolute atomic E-state index is 0.703. The van der Waals surface area contributed by atoms with Crippen molar-refractivity contribution < 1.29 is 0 Å². The first-order valence-electron chi connectivity index (χ1n) is 3.77. The molecule has 0 fully saturated rings. The number of nitrogens with two attached hydrogens (primary N) is 1. The van der Waals surface area contributed by atoms with E-state index in [2.05, 4.69) is 27.8 Å². The van der Waals surface area contributed by atoms with Crippen molar-refractivity contribution in [3.63, 3.8) is 0 Å². The topological polar surface area (TPSA) is 42.2 Å². The standard InChI is InChI=1S/C8H12BrN3/c1-3-12(2)8-7(10)4-6(9)5-11-8/h4-5H,3,10H2,1-2H3. The lowest BCUT2D eigenvalue weighted by molar-refractivity contribution is 0.940. The molecule has 1 aromatic heterocycles. The van der Waals surface area contributed by atoms with E-state index in [9.17, 15) is 0 Å². The van der Waals surface area contributed by atoms with Gasteiger partial charge in [-0.1, -0.05) is 0 Å². The Morgan fingerprint density at radius 3 is 2.83 bits per heavy atom. The second-order valence-corrected chi connectivity index (χ2v) is 3.50. The van der Waals surface area contributed by atoms with Gasteiger partial charge in [0, 0.05) is 24.3 Å². The number of nitrogens with zero attached hydrogens (tertiary/aromatic N) is 2. The highest BCUT2D eigenvalue weighted by Crippen LogP contribution is 2.22. The van der Waals surface area contributed by atoms with Gasteiger partial charge in [0.15, 0.2) is 5.82 Å². The zero-order valence-electron chi connectivity index (χ0n) is 7.21. The molecule has 1 rings (SSSR count). The minimum atomic E-state index is 0.703. The second-order valence-electron chi connectivity index (χ2n) is 2.58. The van der Waals surface area contributed by atoms with Crippen LogP contribution in [0.1, 0.15) is 6.92 Å². The number of halogens is 1. The normalized spacial score (nSPS) is 9.92. The Hall–Kier alpha value is -0.770. The highest BCUT2D eigenvalue weighted by Gasteiger charge is 2.04. The fourth-order valence-electron chi connectivity index (χ4n) is 0.916. The van der Waals surface area contributed by atoms with Crippen molar-refractivity contribution in [2.24, 2.45) is 0 Å². The Bertz CT molecular complexity index is 275. The van der Waals surface area contributed by atoms with Crippen LogP contribution in [0.25, 0.3) is 0 Å². The smallest absolute Gasteiger partial charge is 0.151 e. The molecule has 4 heteroatoms. The summed E-state index contributed by atoms with van der Waals surface area (Å²) in [4.78, 5) is 6.20. The maximum absolute atomic E-state index is 5.76. The van der Waals surface area contributed by atoms with E-state index in [1.807, 2.05) is 18.0 Å². The van der Waals surface area contributed by atoms with Crippen LogP contribution in [-0.4, -0.2) is 18.6 Å². The Kier molecular flexibility index (Phi) is 2.92. The summed E-state index contributed by atoms with van der Waals surface area (Å²) >= 11 is 3.31. The van der Waals surface area contributed by atoms with E-state index in [-0.39, 0.29) is 0 Å². The van der Waals surface area contributed by atoms with E-state index in [1.54, 1.807) is 6.20 Å². The van der Waals surface area contributed by atoms with E-state index in [4.69, 9.17) is 5.73 Å². The lowest BCUT2D eigenvalue weighted by Crippen LogP contribution is -2.18. The molecule has 3 nitrogen and oxygen atoms in total. The lowest BCUT2D eigenvalue weighted by atomic mass is 10.4. The van der Waals surface area contributed by atoms with Gasteiger partial charge in [0.2, 0.25) is 0 Å². The van der Waals surface area contributed by atoms with Crippen LogP contribution in [0.15, 0.2) is 16.7 Å². The van der Waals surface area contributed by atoms with E-state index >= 15 is 0 Å². The van der Waals surface area contributed by atoms with Crippen molar-refractivity contribution in [2.75, 3.05) is 24.2 Å². The molecule has 0 spiro atoms. The average molecular weight is 230 g/mol. The van der Waals surface area contributed by atoms with E-state index in [0.717, 1.165) is 16.8 Å². The molecule has 66 valence electrons. The molecule has 2 N–H and O–H groups in total. The molecular formula is C8H12BrN3. The van der Waals surface area contributed by atoms with Gasteiger partial charge in [-0.05, 0) is 28.9 Å². The molecule has 1 heterocycles. The van der Waals surface area contributed by atoms with Gasteiger partial charge in [-0.3, -0.25) is 0 Å². The van der Waals surface area contributed by atoms with Crippen LogP contribution in [0.4, 0.5) is 11.5 Å². The third-order valence-electron chi connectivity index (χ3n) is 1.70. The summed E-state index contributed by atoms with van der Waals surface area (Å²) < 4.78 is 0.910. The SMILES string of the molecule is CCN(C)c1ncc(Br)cc1N. The number of anilines is 2. The van der Waals surface area contributed by atoms with E-state index in [1.165, 1.54) is 0 Å². The highest BCUT2D eigenvalue weighted by molar-refractivity contribution is 9.10. The largest absolute Gasteiger partial charge is 0.396 e. The number of rotatable bonds is 2. The van der Waals surface area contributed by atoms with Crippen molar-refractivity contribution in [3.8, 4) is 0 Å². The summed E-state index contributed by atoms with van der Waals surface area (Å²) in [7, 11) is 1.96. The Morgan fingerprint density at radius 1 is 1.67 bits per heavy atom.